The number of aliphatic carboxylic acids is 1. The van der Waals surface area contributed by atoms with Crippen LogP contribution in [-0.4, -0.2) is 34.2 Å². The average Bonchev–Trinajstić information content (AvgIpc) is 2.32. The van der Waals surface area contributed by atoms with Gasteiger partial charge in [0.1, 0.15) is 5.75 Å². The number of aromatic hydroxyl groups is 1. The topological polar surface area (TPSA) is 60.8 Å². The van der Waals surface area contributed by atoms with Gasteiger partial charge >= 0.3 is 5.97 Å². The summed E-state index contributed by atoms with van der Waals surface area (Å²) in [7, 11) is 0. The summed E-state index contributed by atoms with van der Waals surface area (Å²) < 4.78 is 0.875. The van der Waals surface area contributed by atoms with Crippen molar-refractivity contribution >= 4 is 21.9 Å². The number of rotatable bonds is 6. The Hall–Kier alpha value is -1.07. The van der Waals surface area contributed by atoms with Crippen molar-refractivity contribution in [2.24, 2.45) is 0 Å². The fourth-order valence-electron chi connectivity index (χ4n) is 2.08. The normalized spacial score (nSPS) is 12.7. The monoisotopic (exact) mass is 315 g/mol. The van der Waals surface area contributed by atoms with Crippen LogP contribution in [0.2, 0.25) is 0 Å². The zero-order valence-corrected chi connectivity index (χ0v) is 12.1. The Labute approximate surface area is 115 Å². The molecule has 5 heteroatoms. The predicted octanol–water partition coefficient (Wildman–Crippen LogP) is 3.01. The number of carboxylic acids is 1. The van der Waals surface area contributed by atoms with Crippen molar-refractivity contribution in [3.05, 3.63) is 28.2 Å². The van der Waals surface area contributed by atoms with Crippen molar-refractivity contribution < 1.29 is 15.0 Å². The predicted molar refractivity (Wildman–Crippen MR) is 73.7 cm³/mol. The molecule has 0 bridgehead atoms. The van der Waals surface area contributed by atoms with Gasteiger partial charge < -0.3 is 10.2 Å². The van der Waals surface area contributed by atoms with Crippen molar-refractivity contribution in [3.8, 4) is 5.75 Å². The van der Waals surface area contributed by atoms with Gasteiger partial charge in [-0.15, -0.1) is 0 Å². The second-order valence-corrected chi connectivity index (χ2v) is 5.00. The number of nitrogens with zero attached hydrogens (tertiary/aromatic N) is 1. The molecule has 0 amide bonds. The third kappa shape index (κ3) is 3.71. The molecule has 18 heavy (non-hydrogen) atoms. The van der Waals surface area contributed by atoms with E-state index in [9.17, 15) is 9.90 Å². The first-order valence-electron chi connectivity index (χ1n) is 5.93. The van der Waals surface area contributed by atoms with Crippen molar-refractivity contribution in [2.75, 3.05) is 13.1 Å². The zero-order chi connectivity index (χ0) is 13.7. The minimum absolute atomic E-state index is 0.0268. The van der Waals surface area contributed by atoms with Gasteiger partial charge in [-0.25, -0.2) is 0 Å². The second kappa shape index (κ2) is 6.75. The van der Waals surface area contributed by atoms with E-state index >= 15 is 0 Å². The molecule has 0 heterocycles. The van der Waals surface area contributed by atoms with Crippen LogP contribution >= 0.6 is 15.9 Å². The van der Waals surface area contributed by atoms with Gasteiger partial charge in [-0.1, -0.05) is 29.8 Å². The van der Waals surface area contributed by atoms with E-state index in [0.29, 0.717) is 6.54 Å². The molecule has 0 saturated carbocycles. The molecule has 0 radical (unpaired) electrons. The molecule has 0 aliphatic carbocycles. The fourth-order valence-corrected chi connectivity index (χ4v) is 2.46. The Morgan fingerprint density at radius 3 is 2.61 bits per heavy atom. The number of carbonyl (C=O) groups is 1. The minimum Gasteiger partial charge on any atom is -0.508 e. The smallest absolute Gasteiger partial charge is 0.317 e. The molecule has 0 saturated heterocycles. The van der Waals surface area contributed by atoms with Crippen LogP contribution in [0.4, 0.5) is 0 Å². The lowest BCUT2D eigenvalue weighted by molar-refractivity contribution is -0.138. The summed E-state index contributed by atoms with van der Waals surface area (Å²) in [5.41, 5.74) is 0.759. The SMILES string of the molecule is CCC(c1cc(Br)ccc1O)N(CC)CC(=O)O. The van der Waals surface area contributed by atoms with Crippen molar-refractivity contribution in [2.45, 2.75) is 26.3 Å². The number of halogens is 1. The Kier molecular flexibility index (Phi) is 5.62. The minimum atomic E-state index is -0.857. The Balaban J connectivity index is 3.06. The lowest BCUT2D eigenvalue weighted by Crippen LogP contribution is -2.33. The van der Waals surface area contributed by atoms with E-state index in [1.54, 1.807) is 12.1 Å². The Morgan fingerprint density at radius 1 is 1.44 bits per heavy atom. The molecular formula is C13H18BrNO3. The van der Waals surface area contributed by atoms with Crippen molar-refractivity contribution in [3.63, 3.8) is 0 Å². The summed E-state index contributed by atoms with van der Waals surface area (Å²) in [4.78, 5) is 12.7. The molecule has 1 unspecified atom stereocenters. The third-order valence-electron chi connectivity index (χ3n) is 2.92. The number of likely N-dealkylation sites (N-methyl/N-ethyl adjacent to an activating group) is 1. The molecule has 1 atom stereocenters. The van der Waals surface area contributed by atoms with Gasteiger partial charge in [0.15, 0.2) is 0 Å². The zero-order valence-electron chi connectivity index (χ0n) is 10.6. The molecule has 0 spiro atoms. The first-order chi connectivity index (χ1) is 8.49. The van der Waals surface area contributed by atoms with E-state index in [1.165, 1.54) is 0 Å². The van der Waals surface area contributed by atoms with Crippen LogP contribution in [0, 0.1) is 0 Å². The molecular weight excluding hydrogens is 298 g/mol. The average molecular weight is 316 g/mol. The second-order valence-electron chi connectivity index (χ2n) is 4.08. The molecule has 1 aromatic rings. The molecule has 1 rings (SSSR count). The highest BCUT2D eigenvalue weighted by molar-refractivity contribution is 9.10. The Bertz CT molecular complexity index is 423. The quantitative estimate of drug-likeness (QED) is 0.847. The highest BCUT2D eigenvalue weighted by Gasteiger charge is 2.22. The molecule has 0 aliphatic rings. The number of phenolic OH excluding ortho intramolecular Hbond substituents is 1. The van der Waals surface area contributed by atoms with Gasteiger partial charge in [0, 0.05) is 16.1 Å². The highest BCUT2D eigenvalue weighted by atomic mass is 79.9. The van der Waals surface area contributed by atoms with E-state index in [2.05, 4.69) is 15.9 Å². The van der Waals surface area contributed by atoms with Gasteiger partial charge in [0.25, 0.3) is 0 Å². The van der Waals surface area contributed by atoms with Crippen molar-refractivity contribution in [1.29, 1.82) is 0 Å². The van der Waals surface area contributed by atoms with Gasteiger partial charge in [0.2, 0.25) is 0 Å². The number of phenols is 1. The van der Waals surface area contributed by atoms with E-state index in [0.717, 1.165) is 16.5 Å². The summed E-state index contributed by atoms with van der Waals surface area (Å²) in [6.07, 6.45) is 0.741. The lowest BCUT2D eigenvalue weighted by atomic mass is 10.0. The van der Waals surface area contributed by atoms with Crippen LogP contribution in [0.15, 0.2) is 22.7 Å². The number of benzene rings is 1. The van der Waals surface area contributed by atoms with E-state index in [-0.39, 0.29) is 18.3 Å². The largest absolute Gasteiger partial charge is 0.508 e. The molecule has 4 nitrogen and oxygen atoms in total. The fraction of sp³-hybridized carbons (Fsp3) is 0.462. The summed E-state index contributed by atoms with van der Waals surface area (Å²) in [6.45, 7) is 4.49. The molecule has 0 fully saturated rings. The summed E-state index contributed by atoms with van der Waals surface area (Å²) in [5, 5.41) is 18.8. The maximum Gasteiger partial charge on any atom is 0.317 e. The molecule has 2 N–H and O–H groups in total. The Morgan fingerprint density at radius 2 is 2.11 bits per heavy atom. The van der Waals surface area contributed by atoms with Crippen LogP contribution in [0.25, 0.3) is 0 Å². The van der Waals surface area contributed by atoms with Crippen LogP contribution < -0.4 is 0 Å². The van der Waals surface area contributed by atoms with Crippen LogP contribution in [0.1, 0.15) is 31.9 Å². The van der Waals surface area contributed by atoms with Gasteiger partial charge in [-0.05, 0) is 31.2 Å². The first kappa shape index (κ1) is 15.0. The molecule has 0 aromatic heterocycles. The molecule has 0 aliphatic heterocycles. The summed E-state index contributed by atoms with van der Waals surface area (Å²) >= 11 is 3.37. The van der Waals surface area contributed by atoms with E-state index in [4.69, 9.17) is 5.11 Å². The number of hydrogen-bond acceptors (Lipinski definition) is 3. The maximum atomic E-state index is 10.9. The summed E-state index contributed by atoms with van der Waals surface area (Å²) in [6, 6.07) is 5.13. The third-order valence-corrected chi connectivity index (χ3v) is 3.41. The van der Waals surface area contributed by atoms with Crippen molar-refractivity contribution in [1.82, 2.24) is 4.90 Å². The van der Waals surface area contributed by atoms with Crippen LogP contribution in [-0.2, 0) is 4.79 Å². The number of hydrogen-bond donors (Lipinski definition) is 2. The van der Waals surface area contributed by atoms with E-state index in [1.807, 2.05) is 24.8 Å². The van der Waals surface area contributed by atoms with Gasteiger partial charge in [-0.2, -0.15) is 0 Å². The molecule has 100 valence electrons. The van der Waals surface area contributed by atoms with Crippen LogP contribution in [0.5, 0.6) is 5.75 Å². The van der Waals surface area contributed by atoms with Gasteiger partial charge in [-0.3, -0.25) is 9.69 Å². The maximum absolute atomic E-state index is 10.9. The van der Waals surface area contributed by atoms with Gasteiger partial charge in [0.05, 0.1) is 6.54 Å². The highest BCUT2D eigenvalue weighted by Crippen LogP contribution is 2.33. The molecule has 1 aromatic carbocycles. The standard InChI is InChI=1S/C13H18BrNO3/c1-3-11(15(4-2)8-13(17)18)10-7-9(14)5-6-12(10)16/h5-7,11,16H,3-4,8H2,1-2H3,(H,17,18). The summed E-state index contributed by atoms with van der Waals surface area (Å²) in [5.74, 6) is -0.654. The lowest BCUT2D eigenvalue weighted by Gasteiger charge is -2.29. The van der Waals surface area contributed by atoms with E-state index < -0.39 is 5.97 Å². The number of carboxylic acid groups (broad SMARTS) is 1. The first-order valence-corrected chi connectivity index (χ1v) is 6.73. The van der Waals surface area contributed by atoms with Crippen LogP contribution in [0.3, 0.4) is 0 Å².